The van der Waals surface area contributed by atoms with Crippen molar-refractivity contribution < 1.29 is 18.9 Å². The predicted octanol–water partition coefficient (Wildman–Crippen LogP) is 0.914. The van der Waals surface area contributed by atoms with Crippen molar-refractivity contribution in [1.29, 1.82) is 0 Å². The van der Waals surface area contributed by atoms with Crippen LogP contribution in [0.4, 0.5) is 15.9 Å². The van der Waals surface area contributed by atoms with E-state index < -0.39 is 5.82 Å². The molecule has 0 saturated carbocycles. The summed E-state index contributed by atoms with van der Waals surface area (Å²) in [4.78, 5) is 39.1. The maximum absolute atomic E-state index is 13.2. The number of anilines is 2. The minimum atomic E-state index is -0.391. The molecule has 0 spiro atoms. The number of hydrogen-bond donors (Lipinski definition) is 1. The minimum Gasteiger partial charge on any atom is -0.345 e. The van der Waals surface area contributed by atoms with Crippen LogP contribution in [0.1, 0.15) is 31.3 Å². The van der Waals surface area contributed by atoms with E-state index in [1.54, 1.807) is 0 Å². The van der Waals surface area contributed by atoms with Crippen LogP contribution in [0.3, 0.4) is 0 Å². The van der Waals surface area contributed by atoms with Crippen LogP contribution in [0.25, 0.3) is 0 Å². The molecule has 30 heavy (non-hydrogen) atoms. The third kappa shape index (κ3) is 4.05. The van der Waals surface area contributed by atoms with E-state index in [2.05, 4.69) is 27.9 Å². The molecule has 0 aliphatic carbocycles. The number of nitrogens with zero attached hydrogens (tertiary/aromatic N) is 4. The molecule has 2 aliphatic rings. The number of carbonyl (C=O) groups is 2. The quantitative estimate of drug-likeness (QED) is 0.740. The lowest BCUT2D eigenvalue weighted by atomic mass is 10.1. The molecule has 1 aromatic carbocycles. The Kier molecular flexibility index (Phi) is 5.76. The molecule has 4 rings (SSSR count). The van der Waals surface area contributed by atoms with Gasteiger partial charge in [0.25, 0.3) is 5.91 Å². The van der Waals surface area contributed by atoms with Crippen molar-refractivity contribution in [3.05, 3.63) is 47.7 Å². The van der Waals surface area contributed by atoms with Gasteiger partial charge in [-0.3, -0.25) is 9.59 Å². The Morgan fingerprint density at radius 1 is 1.13 bits per heavy atom. The predicted molar refractivity (Wildman–Crippen MR) is 111 cm³/mol. The summed E-state index contributed by atoms with van der Waals surface area (Å²) in [7, 11) is 0. The first-order valence-corrected chi connectivity index (χ1v) is 10.5. The van der Waals surface area contributed by atoms with Gasteiger partial charge < -0.3 is 9.80 Å². The fraction of sp³-hybridized carbons (Fsp3) is 0.455. The van der Waals surface area contributed by atoms with Crippen LogP contribution in [0, 0.1) is 12.7 Å². The molecular weight excluding hydrogens is 385 g/mol. The van der Waals surface area contributed by atoms with Gasteiger partial charge in [0, 0.05) is 11.8 Å². The number of nitrogens with one attached hydrogen (secondary N) is 1. The van der Waals surface area contributed by atoms with Crippen LogP contribution in [-0.4, -0.2) is 54.0 Å². The van der Waals surface area contributed by atoms with Crippen LogP contribution in [0.15, 0.2) is 30.3 Å². The Morgan fingerprint density at radius 2 is 1.83 bits per heavy atom. The second-order valence-electron chi connectivity index (χ2n) is 7.96. The van der Waals surface area contributed by atoms with Gasteiger partial charge in [-0.2, -0.15) is 0 Å². The zero-order valence-electron chi connectivity index (χ0n) is 17.4. The second-order valence-corrected chi connectivity index (χ2v) is 7.96. The maximum atomic E-state index is 13.2. The highest BCUT2D eigenvalue weighted by molar-refractivity contribution is 6.21. The fourth-order valence-corrected chi connectivity index (χ4v) is 4.34. The number of rotatable bonds is 5. The Bertz CT molecular complexity index is 941. The molecule has 1 atom stereocenters. The van der Waals surface area contributed by atoms with Crippen LogP contribution >= 0.6 is 0 Å². The summed E-state index contributed by atoms with van der Waals surface area (Å²) in [6.45, 7) is 7.10. The van der Waals surface area contributed by atoms with Crippen molar-refractivity contribution in [2.75, 3.05) is 36.0 Å². The number of carbonyl (C=O) groups excluding carboxylic acids is 2. The number of halogens is 1. The summed E-state index contributed by atoms with van der Waals surface area (Å²) in [5, 5.41) is 0. The summed E-state index contributed by atoms with van der Waals surface area (Å²) in [5.74, 6) is 0.905. The average molecular weight is 412 g/mol. The first-order chi connectivity index (χ1) is 14.5. The monoisotopic (exact) mass is 412 g/mol. The summed E-state index contributed by atoms with van der Waals surface area (Å²) in [5.41, 5.74) is 1.49. The van der Waals surface area contributed by atoms with Gasteiger partial charge in [0.05, 0.1) is 38.3 Å². The maximum Gasteiger partial charge on any atom is 0.292 e. The largest absolute Gasteiger partial charge is 0.345 e. The van der Waals surface area contributed by atoms with E-state index >= 15 is 0 Å². The van der Waals surface area contributed by atoms with Crippen molar-refractivity contribution in [1.82, 2.24) is 9.97 Å². The van der Waals surface area contributed by atoms with Crippen molar-refractivity contribution in [3.63, 3.8) is 0 Å². The molecule has 3 heterocycles. The van der Waals surface area contributed by atoms with Crippen LogP contribution in [-0.2, 0) is 16.0 Å². The van der Waals surface area contributed by atoms with E-state index in [0.717, 1.165) is 61.3 Å². The zero-order valence-corrected chi connectivity index (χ0v) is 17.4. The van der Waals surface area contributed by atoms with Gasteiger partial charge in [0.15, 0.2) is 6.04 Å². The van der Waals surface area contributed by atoms with E-state index in [0.29, 0.717) is 5.69 Å². The van der Waals surface area contributed by atoms with Crippen molar-refractivity contribution >= 4 is 23.3 Å². The smallest absolute Gasteiger partial charge is 0.292 e. The van der Waals surface area contributed by atoms with Crippen molar-refractivity contribution in [2.24, 2.45) is 0 Å². The molecule has 0 radical (unpaired) electrons. The summed E-state index contributed by atoms with van der Waals surface area (Å²) in [6, 6.07) is 7.17. The molecular formula is C22H27FN5O2+. The lowest BCUT2D eigenvalue weighted by Crippen LogP contribution is -3.19. The minimum absolute atomic E-state index is 0.193. The molecule has 2 aliphatic heterocycles. The molecule has 1 aromatic heterocycles. The lowest BCUT2D eigenvalue weighted by Gasteiger charge is -2.35. The third-order valence-electron chi connectivity index (χ3n) is 5.84. The first kappa shape index (κ1) is 20.4. The van der Waals surface area contributed by atoms with Gasteiger partial charge >= 0.3 is 0 Å². The molecule has 0 unspecified atom stereocenters. The zero-order chi connectivity index (χ0) is 21.3. The molecule has 1 N–H and O–H groups in total. The van der Waals surface area contributed by atoms with Gasteiger partial charge in [-0.25, -0.2) is 19.3 Å². The number of benzene rings is 1. The normalized spacial score (nSPS) is 20.3. The van der Waals surface area contributed by atoms with Crippen LogP contribution < -0.4 is 14.7 Å². The average Bonchev–Trinajstić information content (AvgIpc) is 3.03. The molecule has 0 bridgehead atoms. The van der Waals surface area contributed by atoms with Gasteiger partial charge in [-0.1, -0.05) is 13.3 Å². The van der Waals surface area contributed by atoms with Gasteiger partial charge in [-0.15, -0.1) is 0 Å². The van der Waals surface area contributed by atoms with Crippen LogP contribution in [0.5, 0.6) is 0 Å². The number of imide groups is 1. The molecule has 8 heteroatoms. The lowest BCUT2D eigenvalue weighted by molar-refractivity contribution is -0.915. The van der Waals surface area contributed by atoms with E-state index in [4.69, 9.17) is 0 Å². The van der Waals surface area contributed by atoms with Crippen molar-refractivity contribution in [3.8, 4) is 0 Å². The van der Waals surface area contributed by atoms with E-state index in [1.807, 2.05) is 6.92 Å². The molecule has 2 fully saturated rings. The summed E-state index contributed by atoms with van der Waals surface area (Å²) in [6.07, 6.45) is 2.16. The SMILES string of the molecule is CCCc1cc(N2CC[NH+]([C@H]3CC(=O)N(c4ccc(F)cc4)C3=O)CC2)nc(C)n1. The summed E-state index contributed by atoms with van der Waals surface area (Å²) < 4.78 is 13.2. The van der Waals surface area contributed by atoms with E-state index in [9.17, 15) is 14.0 Å². The Labute approximate surface area is 175 Å². The first-order valence-electron chi connectivity index (χ1n) is 10.5. The molecule has 158 valence electrons. The molecule has 2 saturated heterocycles. The van der Waals surface area contributed by atoms with E-state index in [-0.39, 0.29) is 24.3 Å². The van der Waals surface area contributed by atoms with Gasteiger partial charge in [0.1, 0.15) is 17.5 Å². The number of piperazine rings is 1. The highest BCUT2D eigenvalue weighted by Gasteiger charge is 2.46. The molecule has 2 aromatic rings. The highest BCUT2D eigenvalue weighted by Crippen LogP contribution is 2.22. The number of aryl methyl sites for hydroxylation is 2. The number of quaternary nitrogens is 1. The number of aromatic nitrogens is 2. The van der Waals surface area contributed by atoms with Crippen molar-refractivity contribution in [2.45, 2.75) is 39.2 Å². The topological polar surface area (TPSA) is 70.8 Å². The third-order valence-corrected chi connectivity index (χ3v) is 5.84. The Morgan fingerprint density at radius 3 is 2.50 bits per heavy atom. The van der Waals surface area contributed by atoms with Gasteiger partial charge in [-0.05, 0) is 37.6 Å². The fourth-order valence-electron chi connectivity index (χ4n) is 4.34. The Balaban J connectivity index is 1.43. The number of amides is 2. The second kappa shape index (κ2) is 8.47. The Hall–Kier alpha value is -2.87. The van der Waals surface area contributed by atoms with Crippen LogP contribution in [0.2, 0.25) is 0 Å². The molecule has 2 amide bonds. The van der Waals surface area contributed by atoms with Gasteiger partial charge in [0.2, 0.25) is 5.91 Å². The summed E-state index contributed by atoms with van der Waals surface area (Å²) >= 11 is 0. The standard InChI is InChI=1S/C22H26FN5O2/c1-3-4-17-13-20(25-15(2)24-17)27-11-9-26(10-12-27)19-14-21(29)28(22(19)30)18-7-5-16(23)6-8-18/h5-8,13,19H,3-4,9-12,14H2,1-2H3/p+1/t19-/m0/s1. The number of hydrogen-bond acceptors (Lipinski definition) is 5. The van der Waals surface area contributed by atoms with E-state index in [1.165, 1.54) is 29.2 Å². The molecule has 7 nitrogen and oxygen atoms in total. The highest BCUT2D eigenvalue weighted by atomic mass is 19.1.